The number of nitrogens with one attached hydrogen (secondary N) is 3. The fourth-order valence-electron chi connectivity index (χ4n) is 3.32. The molecule has 162 valence electrons. The molecule has 0 aliphatic heterocycles. The van der Waals surface area contributed by atoms with E-state index in [0.29, 0.717) is 5.02 Å². The Labute approximate surface area is 184 Å². The Hall–Kier alpha value is -3.39. The first-order valence-corrected chi connectivity index (χ1v) is 10.3. The largest absolute Gasteiger partial charge is 0.507 e. The first kappa shape index (κ1) is 22.3. The van der Waals surface area contributed by atoms with Gasteiger partial charge in [0.25, 0.3) is 5.91 Å². The van der Waals surface area contributed by atoms with Gasteiger partial charge in [-0.05, 0) is 43.2 Å². The van der Waals surface area contributed by atoms with Gasteiger partial charge < -0.3 is 15.7 Å². The maximum Gasteiger partial charge on any atom is 0.329 e. The zero-order valence-electron chi connectivity index (χ0n) is 16.7. The molecule has 0 spiro atoms. The van der Waals surface area contributed by atoms with Gasteiger partial charge in [-0.3, -0.25) is 14.4 Å². The van der Waals surface area contributed by atoms with E-state index in [0.717, 1.165) is 31.9 Å². The van der Waals surface area contributed by atoms with E-state index in [4.69, 9.17) is 11.6 Å². The highest BCUT2D eigenvalue weighted by Crippen LogP contribution is 2.21. The monoisotopic (exact) mass is 442 g/mol. The summed E-state index contributed by atoms with van der Waals surface area (Å²) in [4.78, 5) is 37.0. The Morgan fingerprint density at radius 2 is 1.77 bits per heavy atom. The maximum atomic E-state index is 12.7. The molecular formula is C22H23ClN4O4. The predicted molar refractivity (Wildman–Crippen MR) is 118 cm³/mol. The average Bonchev–Trinajstić information content (AvgIpc) is 2.77. The second-order valence-corrected chi connectivity index (χ2v) is 7.65. The molecule has 0 radical (unpaired) electrons. The van der Waals surface area contributed by atoms with Gasteiger partial charge >= 0.3 is 11.8 Å². The van der Waals surface area contributed by atoms with Crippen LogP contribution in [0.5, 0.6) is 5.75 Å². The van der Waals surface area contributed by atoms with Crippen LogP contribution in [0.25, 0.3) is 0 Å². The van der Waals surface area contributed by atoms with E-state index < -0.39 is 11.8 Å². The molecule has 1 fully saturated rings. The van der Waals surface area contributed by atoms with Crippen molar-refractivity contribution in [2.75, 3.05) is 5.32 Å². The summed E-state index contributed by atoms with van der Waals surface area (Å²) >= 11 is 5.84. The van der Waals surface area contributed by atoms with Crippen molar-refractivity contribution < 1.29 is 19.5 Å². The number of hydrogen-bond donors (Lipinski definition) is 4. The van der Waals surface area contributed by atoms with Crippen LogP contribution in [0.3, 0.4) is 0 Å². The molecule has 1 aliphatic rings. The maximum absolute atomic E-state index is 12.7. The van der Waals surface area contributed by atoms with E-state index in [1.165, 1.54) is 24.6 Å². The van der Waals surface area contributed by atoms with Crippen molar-refractivity contribution in [3.8, 4) is 5.75 Å². The molecular weight excluding hydrogens is 420 g/mol. The number of nitrogens with zero attached hydrogens (tertiary/aromatic N) is 1. The number of phenols is 1. The molecule has 0 aromatic heterocycles. The third-order valence-corrected chi connectivity index (χ3v) is 5.16. The van der Waals surface area contributed by atoms with Crippen LogP contribution in [0.4, 0.5) is 5.69 Å². The van der Waals surface area contributed by atoms with Gasteiger partial charge in [0.15, 0.2) is 0 Å². The number of hydrogen-bond acceptors (Lipinski definition) is 5. The Kier molecular flexibility index (Phi) is 7.61. The van der Waals surface area contributed by atoms with Gasteiger partial charge in [-0.15, -0.1) is 0 Å². The average molecular weight is 443 g/mol. The number of halogens is 1. The van der Waals surface area contributed by atoms with Gasteiger partial charge in [-0.25, -0.2) is 5.43 Å². The quantitative estimate of drug-likeness (QED) is 0.323. The summed E-state index contributed by atoms with van der Waals surface area (Å²) in [5.74, 6) is -2.38. The number of carbonyl (C=O) groups excluding carboxylic acids is 3. The number of rotatable bonds is 5. The summed E-state index contributed by atoms with van der Waals surface area (Å²) in [5, 5.41) is 19.2. The highest BCUT2D eigenvalue weighted by atomic mass is 35.5. The summed E-state index contributed by atoms with van der Waals surface area (Å²) in [7, 11) is 0. The number of amides is 3. The number of hydrazone groups is 1. The Balaban J connectivity index is 1.60. The van der Waals surface area contributed by atoms with Crippen LogP contribution in [0.15, 0.2) is 47.6 Å². The van der Waals surface area contributed by atoms with Crippen molar-refractivity contribution in [3.63, 3.8) is 0 Å². The lowest BCUT2D eigenvalue weighted by Crippen LogP contribution is -2.37. The third-order valence-electron chi connectivity index (χ3n) is 4.93. The van der Waals surface area contributed by atoms with Crippen LogP contribution in [-0.2, 0) is 9.59 Å². The van der Waals surface area contributed by atoms with E-state index in [-0.39, 0.29) is 34.5 Å². The highest BCUT2D eigenvalue weighted by molar-refractivity contribution is 6.40. The number of carbonyl (C=O) groups is 3. The Morgan fingerprint density at radius 1 is 1.03 bits per heavy atom. The Morgan fingerprint density at radius 3 is 2.55 bits per heavy atom. The van der Waals surface area contributed by atoms with Gasteiger partial charge in [0, 0.05) is 16.6 Å². The first-order valence-electron chi connectivity index (χ1n) is 9.97. The fraction of sp³-hybridized carbons (Fsp3) is 0.273. The molecule has 4 N–H and O–H groups in total. The highest BCUT2D eigenvalue weighted by Gasteiger charge is 2.20. The molecule has 2 aromatic carbocycles. The molecule has 3 rings (SSSR count). The predicted octanol–water partition coefficient (Wildman–Crippen LogP) is 3.20. The van der Waals surface area contributed by atoms with Crippen molar-refractivity contribution in [1.29, 1.82) is 0 Å². The molecule has 0 atom stereocenters. The zero-order valence-corrected chi connectivity index (χ0v) is 17.5. The number of para-hydroxylation sites is 1. The minimum atomic E-state index is -1.03. The molecule has 1 saturated carbocycles. The number of benzene rings is 2. The lowest BCUT2D eigenvalue weighted by Gasteiger charge is -2.23. The van der Waals surface area contributed by atoms with Crippen LogP contribution >= 0.6 is 11.6 Å². The molecule has 3 amide bonds. The van der Waals surface area contributed by atoms with Crippen LogP contribution in [0.1, 0.15) is 48.0 Å². The molecule has 0 saturated heterocycles. The minimum Gasteiger partial charge on any atom is -0.507 e. The molecule has 2 aromatic rings. The number of phenolic OH excluding ortho intramolecular Hbond substituents is 1. The fourth-order valence-corrected chi connectivity index (χ4v) is 3.50. The standard InChI is InChI=1S/C22H23ClN4O4/c23-15-10-11-19(28)14(12-15)13-24-27-22(31)21(30)26-18-9-5-4-8-17(18)20(29)25-16-6-2-1-3-7-16/h4-5,8-13,16,28H,1-3,6-7H2,(H,25,29)(H,26,30)(H,27,31)/b24-13-. The summed E-state index contributed by atoms with van der Waals surface area (Å²) in [6, 6.07) is 10.9. The van der Waals surface area contributed by atoms with Crippen molar-refractivity contribution in [1.82, 2.24) is 10.7 Å². The number of anilines is 1. The molecule has 1 aliphatic carbocycles. The lowest BCUT2D eigenvalue weighted by molar-refractivity contribution is -0.136. The number of aromatic hydroxyl groups is 1. The lowest BCUT2D eigenvalue weighted by atomic mass is 9.95. The Bertz CT molecular complexity index is 1000. The van der Waals surface area contributed by atoms with Crippen LogP contribution in [0, 0.1) is 0 Å². The van der Waals surface area contributed by atoms with Gasteiger partial charge in [0.05, 0.1) is 17.5 Å². The summed E-state index contributed by atoms with van der Waals surface area (Å²) in [6.45, 7) is 0. The first-order chi connectivity index (χ1) is 14.9. The van der Waals surface area contributed by atoms with Crippen LogP contribution in [0.2, 0.25) is 5.02 Å². The van der Waals surface area contributed by atoms with Crippen molar-refractivity contribution in [2.24, 2.45) is 5.10 Å². The summed E-state index contributed by atoms with van der Waals surface area (Å²) in [6.07, 6.45) is 6.37. The third kappa shape index (κ3) is 6.29. The van der Waals surface area contributed by atoms with Crippen LogP contribution < -0.4 is 16.1 Å². The van der Waals surface area contributed by atoms with Crippen molar-refractivity contribution in [2.45, 2.75) is 38.1 Å². The second-order valence-electron chi connectivity index (χ2n) is 7.21. The smallest absolute Gasteiger partial charge is 0.329 e. The van der Waals surface area contributed by atoms with Gasteiger partial charge in [-0.1, -0.05) is 43.0 Å². The topological polar surface area (TPSA) is 120 Å². The minimum absolute atomic E-state index is 0.0789. The molecule has 8 nitrogen and oxygen atoms in total. The van der Waals surface area contributed by atoms with E-state index >= 15 is 0 Å². The van der Waals surface area contributed by atoms with E-state index in [1.807, 2.05) is 0 Å². The molecule has 31 heavy (non-hydrogen) atoms. The molecule has 0 bridgehead atoms. The second kappa shape index (κ2) is 10.6. The SMILES string of the molecule is O=C(N/N=C\c1cc(Cl)ccc1O)C(=O)Nc1ccccc1C(=O)NC1CCCCC1. The van der Waals surface area contributed by atoms with Crippen LogP contribution in [-0.4, -0.2) is 35.1 Å². The zero-order chi connectivity index (χ0) is 22.2. The van der Waals surface area contributed by atoms with Gasteiger partial charge in [0.2, 0.25) is 0 Å². The molecule has 9 heteroatoms. The van der Waals surface area contributed by atoms with Gasteiger partial charge in [0.1, 0.15) is 5.75 Å². The van der Waals surface area contributed by atoms with E-state index in [2.05, 4.69) is 21.2 Å². The van der Waals surface area contributed by atoms with Gasteiger partial charge in [-0.2, -0.15) is 5.10 Å². The normalized spacial score (nSPS) is 14.2. The molecule has 0 heterocycles. The molecule has 0 unspecified atom stereocenters. The van der Waals surface area contributed by atoms with Crippen molar-refractivity contribution in [3.05, 3.63) is 58.6 Å². The summed E-state index contributed by atoms with van der Waals surface area (Å²) in [5.41, 5.74) is 2.86. The van der Waals surface area contributed by atoms with E-state index in [9.17, 15) is 19.5 Å². The van der Waals surface area contributed by atoms with Crippen molar-refractivity contribution >= 4 is 41.2 Å². The van der Waals surface area contributed by atoms with E-state index in [1.54, 1.807) is 24.3 Å². The summed E-state index contributed by atoms with van der Waals surface area (Å²) < 4.78 is 0.